The summed E-state index contributed by atoms with van der Waals surface area (Å²) in [5.74, 6) is -0.218. The minimum atomic E-state index is -0.218. The smallest absolute Gasteiger partial charge is 0.123 e. The van der Waals surface area contributed by atoms with Crippen molar-refractivity contribution < 1.29 is 9.13 Å². The normalized spacial score (nSPS) is 23.0. The molecule has 1 fully saturated rings. The largest absolute Gasteiger partial charge is 0.378 e. The molecule has 3 heteroatoms. The molecule has 1 aliphatic rings. The molecule has 2 N–H and O–H groups in total. The average Bonchev–Trinajstić information content (AvgIpc) is 2.31. The lowest BCUT2D eigenvalue weighted by Gasteiger charge is -2.25. The molecule has 88 valence electrons. The second-order valence-electron chi connectivity index (χ2n) is 4.38. The molecule has 2 nitrogen and oxygen atoms in total. The highest BCUT2D eigenvalue weighted by molar-refractivity contribution is 5.19. The number of nitrogens with two attached hydrogens (primary N) is 1. The molecule has 0 aliphatic carbocycles. The van der Waals surface area contributed by atoms with Crippen molar-refractivity contribution in [2.75, 3.05) is 6.61 Å². The highest BCUT2D eigenvalue weighted by atomic mass is 19.1. The molecule has 2 unspecified atom stereocenters. The predicted molar refractivity (Wildman–Crippen MR) is 61.5 cm³/mol. The number of rotatable bonds is 3. The third-order valence-corrected chi connectivity index (χ3v) is 3.09. The fourth-order valence-corrected chi connectivity index (χ4v) is 2.12. The number of benzene rings is 1. The third kappa shape index (κ3) is 3.03. The second-order valence-corrected chi connectivity index (χ2v) is 4.38. The second kappa shape index (κ2) is 5.41. The molecule has 1 aliphatic heterocycles. The van der Waals surface area contributed by atoms with Crippen LogP contribution < -0.4 is 5.73 Å². The highest BCUT2D eigenvalue weighted by Gasteiger charge is 2.18. The van der Waals surface area contributed by atoms with Crippen LogP contribution in [0.4, 0.5) is 4.39 Å². The molecule has 0 saturated carbocycles. The maximum absolute atomic E-state index is 12.7. The Hall–Kier alpha value is -0.930. The van der Waals surface area contributed by atoms with E-state index in [0.717, 1.165) is 31.4 Å². The minimum Gasteiger partial charge on any atom is -0.378 e. The van der Waals surface area contributed by atoms with E-state index in [2.05, 4.69) is 0 Å². The molecular formula is C13H18FNO. The maximum atomic E-state index is 12.7. The van der Waals surface area contributed by atoms with Gasteiger partial charge in [-0.15, -0.1) is 0 Å². The minimum absolute atomic E-state index is 0.0521. The van der Waals surface area contributed by atoms with Gasteiger partial charge in [-0.3, -0.25) is 0 Å². The van der Waals surface area contributed by atoms with Gasteiger partial charge in [-0.2, -0.15) is 0 Å². The van der Waals surface area contributed by atoms with Crippen LogP contribution in [0.1, 0.15) is 37.3 Å². The Kier molecular flexibility index (Phi) is 3.91. The molecular weight excluding hydrogens is 205 g/mol. The fraction of sp³-hybridized carbons (Fsp3) is 0.538. The molecule has 16 heavy (non-hydrogen) atoms. The monoisotopic (exact) mass is 223 g/mol. The van der Waals surface area contributed by atoms with E-state index in [1.165, 1.54) is 18.6 Å². The summed E-state index contributed by atoms with van der Waals surface area (Å²) in [7, 11) is 0. The van der Waals surface area contributed by atoms with Gasteiger partial charge >= 0.3 is 0 Å². The zero-order valence-electron chi connectivity index (χ0n) is 9.36. The Morgan fingerprint density at radius 3 is 2.69 bits per heavy atom. The van der Waals surface area contributed by atoms with Crippen molar-refractivity contribution in [1.82, 2.24) is 0 Å². The van der Waals surface area contributed by atoms with Gasteiger partial charge in [-0.05, 0) is 43.4 Å². The zero-order chi connectivity index (χ0) is 11.4. The predicted octanol–water partition coefficient (Wildman–Crippen LogP) is 2.78. The van der Waals surface area contributed by atoms with Gasteiger partial charge in [-0.1, -0.05) is 12.1 Å². The third-order valence-electron chi connectivity index (χ3n) is 3.09. The topological polar surface area (TPSA) is 35.2 Å². The molecule has 0 amide bonds. The summed E-state index contributed by atoms with van der Waals surface area (Å²) in [6, 6.07) is 6.36. The number of hydrogen-bond donors (Lipinski definition) is 1. The van der Waals surface area contributed by atoms with Crippen molar-refractivity contribution in [2.45, 2.75) is 37.8 Å². The molecule has 1 aromatic carbocycles. The van der Waals surface area contributed by atoms with E-state index in [1.807, 2.05) is 0 Å². The van der Waals surface area contributed by atoms with Crippen LogP contribution >= 0.6 is 0 Å². The first kappa shape index (κ1) is 11.6. The standard InChI is InChI=1S/C13H18FNO/c14-11-6-4-10(5-7-11)13(15)9-12-3-1-2-8-16-12/h4-7,12-13H,1-3,8-9,15H2. The van der Waals surface area contributed by atoms with E-state index in [0.29, 0.717) is 0 Å². The average molecular weight is 223 g/mol. The van der Waals surface area contributed by atoms with Crippen LogP contribution in [0, 0.1) is 5.82 Å². The van der Waals surface area contributed by atoms with Gasteiger partial charge in [0.2, 0.25) is 0 Å². The molecule has 0 spiro atoms. The van der Waals surface area contributed by atoms with Gasteiger partial charge < -0.3 is 10.5 Å². The molecule has 0 radical (unpaired) electrons. The van der Waals surface area contributed by atoms with Crippen molar-refractivity contribution in [3.05, 3.63) is 35.6 Å². The van der Waals surface area contributed by atoms with Crippen molar-refractivity contribution in [1.29, 1.82) is 0 Å². The first-order valence-corrected chi connectivity index (χ1v) is 5.88. The lowest BCUT2D eigenvalue weighted by Crippen LogP contribution is -2.24. The molecule has 2 atom stereocenters. The quantitative estimate of drug-likeness (QED) is 0.855. The summed E-state index contributed by atoms with van der Waals surface area (Å²) in [5.41, 5.74) is 7.06. The summed E-state index contributed by atoms with van der Waals surface area (Å²) < 4.78 is 18.4. The van der Waals surface area contributed by atoms with E-state index in [9.17, 15) is 4.39 Å². The van der Waals surface area contributed by atoms with Crippen molar-refractivity contribution in [3.8, 4) is 0 Å². The van der Waals surface area contributed by atoms with Crippen molar-refractivity contribution in [3.63, 3.8) is 0 Å². The summed E-state index contributed by atoms with van der Waals surface area (Å²) in [6.45, 7) is 0.848. The van der Waals surface area contributed by atoms with E-state index in [4.69, 9.17) is 10.5 Å². The highest BCUT2D eigenvalue weighted by Crippen LogP contribution is 2.23. The lowest BCUT2D eigenvalue weighted by atomic mass is 9.97. The number of hydrogen-bond acceptors (Lipinski definition) is 2. The molecule has 1 heterocycles. The summed E-state index contributed by atoms with van der Waals surface area (Å²) in [4.78, 5) is 0. The molecule has 0 bridgehead atoms. The number of ether oxygens (including phenoxy) is 1. The van der Waals surface area contributed by atoms with Crippen LogP contribution in [-0.4, -0.2) is 12.7 Å². The van der Waals surface area contributed by atoms with E-state index in [-0.39, 0.29) is 18.0 Å². The maximum Gasteiger partial charge on any atom is 0.123 e. The van der Waals surface area contributed by atoms with Crippen molar-refractivity contribution >= 4 is 0 Å². The first-order valence-electron chi connectivity index (χ1n) is 5.88. The van der Waals surface area contributed by atoms with E-state index in [1.54, 1.807) is 12.1 Å². The Morgan fingerprint density at radius 2 is 2.06 bits per heavy atom. The molecule has 1 aromatic rings. The van der Waals surface area contributed by atoms with Gasteiger partial charge in [0.1, 0.15) is 5.82 Å². The van der Waals surface area contributed by atoms with Crippen LogP contribution in [0.15, 0.2) is 24.3 Å². The summed E-state index contributed by atoms with van der Waals surface area (Å²) in [6.07, 6.45) is 4.57. The van der Waals surface area contributed by atoms with Crippen LogP contribution in [0.3, 0.4) is 0 Å². The summed E-state index contributed by atoms with van der Waals surface area (Å²) >= 11 is 0. The van der Waals surface area contributed by atoms with Crippen LogP contribution in [0.5, 0.6) is 0 Å². The van der Waals surface area contributed by atoms with Crippen LogP contribution in [0.2, 0.25) is 0 Å². The molecule has 0 aromatic heterocycles. The van der Waals surface area contributed by atoms with Crippen LogP contribution in [-0.2, 0) is 4.74 Å². The Morgan fingerprint density at radius 1 is 1.31 bits per heavy atom. The molecule has 2 rings (SSSR count). The van der Waals surface area contributed by atoms with Gasteiger partial charge in [0, 0.05) is 12.6 Å². The van der Waals surface area contributed by atoms with Gasteiger partial charge in [0.25, 0.3) is 0 Å². The van der Waals surface area contributed by atoms with Gasteiger partial charge in [0.05, 0.1) is 6.10 Å². The Bertz CT molecular complexity index is 319. The molecule has 1 saturated heterocycles. The van der Waals surface area contributed by atoms with Gasteiger partial charge in [0.15, 0.2) is 0 Å². The first-order chi connectivity index (χ1) is 7.75. The Balaban J connectivity index is 1.91. The number of halogens is 1. The zero-order valence-corrected chi connectivity index (χ0v) is 9.36. The van der Waals surface area contributed by atoms with Gasteiger partial charge in [-0.25, -0.2) is 4.39 Å². The van der Waals surface area contributed by atoms with Crippen LogP contribution in [0.25, 0.3) is 0 Å². The Labute approximate surface area is 95.6 Å². The fourth-order valence-electron chi connectivity index (χ4n) is 2.12. The van der Waals surface area contributed by atoms with E-state index < -0.39 is 0 Å². The van der Waals surface area contributed by atoms with E-state index >= 15 is 0 Å². The SMILES string of the molecule is NC(CC1CCCCO1)c1ccc(F)cc1. The lowest BCUT2D eigenvalue weighted by molar-refractivity contribution is 0.00729. The van der Waals surface area contributed by atoms with Crippen molar-refractivity contribution in [2.24, 2.45) is 5.73 Å². The summed E-state index contributed by atoms with van der Waals surface area (Å²) in [5, 5.41) is 0.